The Morgan fingerprint density at radius 3 is 2.52 bits per heavy atom. The van der Waals surface area contributed by atoms with Crippen LogP contribution in [0.3, 0.4) is 0 Å². The Hall–Kier alpha value is -3.11. The molecule has 9 nitrogen and oxygen atoms in total. The molecule has 0 bridgehead atoms. The lowest BCUT2D eigenvalue weighted by molar-refractivity contribution is -0.156. The lowest BCUT2D eigenvalue weighted by atomic mass is 9.81. The zero-order chi connectivity index (χ0) is 23.1. The van der Waals surface area contributed by atoms with Gasteiger partial charge in [0.05, 0.1) is 17.1 Å². The molecule has 0 saturated heterocycles. The highest BCUT2D eigenvalue weighted by Crippen LogP contribution is 2.35. The van der Waals surface area contributed by atoms with Gasteiger partial charge in [0, 0.05) is 18.6 Å². The average molecular weight is 456 g/mol. The predicted octanol–water partition coefficient (Wildman–Crippen LogP) is 1.07. The lowest BCUT2D eigenvalue weighted by Gasteiger charge is -2.39. The van der Waals surface area contributed by atoms with Crippen LogP contribution in [0, 0.1) is 5.92 Å². The molecule has 33 heavy (non-hydrogen) atoms. The summed E-state index contributed by atoms with van der Waals surface area (Å²) in [5.74, 6) is 0.895. The molecular weight excluding hydrogens is 432 g/mol. The van der Waals surface area contributed by atoms with Gasteiger partial charge in [-0.15, -0.1) is 0 Å². The fraction of sp³-hybridized carbons (Fsp3) is 0.375. The van der Waals surface area contributed by atoms with Gasteiger partial charge in [0.25, 0.3) is 0 Å². The molecule has 1 aromatic heterocycles. The minimum Gasteiger partial charge on any atom is -0.487 e. The largest absolute Gasteiger partial charge is 0.487 e. The van der Waals surface area contributed by atoms with Crippen molar-refractivity contribution >= 4 is 11.0 Å². The van der Waals surface area contributed by atoms with E-state index >= 15 is 0 Å². The van der Waals surface area contributed by atoms with E-state index in [1.807, 2.05) is 0 Å². The summed E-state index contributed by atoms with van der Waals surface area (Å²) in [5, 5.41) is 40.1. The van der Waals surface area contributed by atoms with Gasteiger partial charge in [-0.2, -0.15) is 0 Å². The number of ether oxygens (including phenoxy) is 3. The summed E-state index contributed by atoms with van der Waals surface area (Å²) < 4.78 is 22.7. The van der Waals surface area contributed by atoms with Crippen LogP contribution in [0.15, 0.2) is 51.9 Å². The van der Waals surface area contributed by atoms with Crippen molar-refractivity contribution in [2.75, 3.05) is 19.8 Å². The van der Waals surface area contributed by atoms with Crippen LogP contribution in [0.1, 0.15) is 6.42 Å². The molecule has 1 aliphatic heterocycles. The molecule has 9 heteroatoms. The monoisotopic (exact) mass is 456 g/mol. The topological polar surface area (TPSA) is 139 Å². The first-order chi connectivity index (χ1) is 16.0. The van der Waals surface area contributed by atoms with Crippen molar-refractivity contribution in [3.05, 3.63) is 52.9 Å². The van der Waals surface area contributed by atoms with Crippen LogP contribution < -0.4 is 19.6 Å². The molecule has 0 spiro atoms. The third kappa shape index (κ3) is 3.93. The molecule has 2 heterocycles. The third-order valence-corrected chi connectivity index (χ3v) is 6.22. The lowest BCUT2D eigenvalue weighted by Crippen LogP contribution is -2.56. The number of benzene rings is 2. The Balaban J connectivity index is 1.42. The minimum absolute atomic E-state index is 0.154. The summed E-state index contributed by atoms with van der Waals surface area (Å²) in [5.41, 5.74) is 1.08. The van der Waals surface area contributed by atoms with E-state index in [2.05, 4.69) is 0 Å². The summed E-state index contributed by atoms with van der Waals surface area (Å²) in [7, 11) is 0. The van der Waals surface area contributed by atoms with Crippen LogP contribution >= 0.6 is 0 Å². The quantitative estimate of drug-likeness (QED) is 0.454. The fourth-order valence-corrected chi connectivity index (χ4v) is 4.35. The summed E-state index contributed by atoms with van der Waals surface area (Å²) >= 11 is 0. The van der Waals surface area contributed by atoms with E-state index in [1.165, 1.54) is 12.3 Å². The number of aliphatic hydroxyl groups is 4. The summed E-state index contributed by atoms with van der Waals surface area (Å²) in [4.78, 5) is 13.1. The van der Waals surface area contributed by atoms with Gasteiger partial charge in [0.1, 0.15) is 49.1 Å². The zero-order valence-electron chi connectivity index (χ0n) is 17.6. The van der Waals surface area contributed by atoms with Crippen molar-refractivity contribution in [2.45, 2.75) is 30.8 Å². The van der Waals surface area contributed by atoms with Crippen LogP contribution in [0.4, 0.5) is 0 Å². The average Bonchev–Trinajstić information content (AvgIpc) is 2.84. The summed E-state index contributed by atoms with van der Waals surface area (Å²) in [6.07, 6.45) is -3.32. The second-order valence-corrected chi connectivity index (χ2v) is 8.30. The fourth-order valence-electron chi connectivity index (χ4n) is 4.35. The van der Waals surface area contributed by atoms with Gasteiger partial charge in [-0.25, -0.2) is 0 Å². The van der Waals surface area contributed by atoms with Crippen LogP contribution in [0.2, 0.25) is 0 Å². The minimum atomic E-state index is -1.44. The zero-order valence-corrected chi connectivity index (χ0v) is 17.6. The molecule has 0 radical (unpaired) electrons. The molecule has 1 fully saturated rings. The molecule has 1 saturated carbocycles. The Morgan fingerprint density at radius 1 is 0.939 bits per heavy atom. The van der Waals surface area contributed by atoms with Crippen molar-refractivity contribution in [3.8, 4) is 28.4 Å². The van der Waals surface area contributed by atoms with E-state index in [0.717, 1.165) is 0 Å². The highest BCUT2D eigenvalue weighted by Gasteiger charge is 2.43. The molecule has 2 aliphatic rings. The number of hydrogen-bond acceptors (Lipinski definition) is 9. The highest BCUT2D eigenvalue weighted by atomic mass is 16.6. The van der Waals surface area contributed by atoms with Crippen LogP contribution in [-0.4, -0.2) is 64.7 Å². The van der Waals surface area contributed by atoms with Gasteiger partial charge in [-0.05, 0) is 36.2 Å². The predicted molar refractivity (Wildman–Crippen MR) is 117 cm³/mol. The number of rotatable bonds is 4. The van der Waals surface area contributed by atoms with Crippen molar-refractivity contribution < 1.29 is 39.1 Å². The molecular formula is C24H24O9. The molecule has 174 valence electrons. The second-order valence-electron chi connectivity index (χ2n) is 8.30. The Kier molecular flexibility index (Phi) is 5.71. The molecule has 3 aromatic rings. The molecule has 0 amide bonds. The van der Waals surface area contributed by atoms with E-state index in [9.17, 15) is 25.2 Å². The standard InChI is InChI=1S/C24H24O9/c25-10-13-8-20(23(28)24(29)21(13)26)33-14-2-3-15-18(9-14)32-11-16(22(15)27)12-1-4-17-19(7-12)31-6-5-30-17/h1-4,7,9,11,13,20-21,23-26,28-29H,5-6,8,10H2/t13-,20-,21+,23-,24-/m1/s1. The highest BCUT2D eigenvalue weighted by molar-refractivity contribution is 5.83. The van der Waals surface area contributed by atoms with Crippen molar-refractivity contribution in [1.82, 2.24) is 0 Å². The Morgan fingerprint density at radius 2 is 1.73 bits per heavy atom. The number of hydrogen-bond donors (Lipinski definition) is 4. The molecule has 5 rings (SSSR count). The van der Waals surface area contributed by atoms with E-state index in [4.69, 9.17) is 18.6 Å². The van der Waals surface area contributed by atoms with Crippen molar-refractivity contribution in [3.63, 3.8) is 0 Å². The number of aliphatic hydroxyl groups excluding tert-OH is 4. The molecule has 1 aliphatic carbocycles. The van der Waals surface area contributed by atoms with Crippen LogP contribution in [-0.2, 0) is 0 Å². The van der Waals surface area contributed by atoms with Crippen molar-refractivity contribution in [2.24, 2.45) is 5.92 Å². The van der Waals surface area contributed by atoms with Gasteiger partial charge >= 0.3 is 0 Å². The molecule has 0 unspecified atom stereocenters. The van der Waals surface area contributed by atoms with E-state index < -0.39 is 30.3 Å². The van der Waals surface area contributed by atoms with Gasteiger partial charge in [0.15, 0.2) is 16.9 Å². The van der Waals surface area contributed by atoms with Gasteiger partial charge in [0.2, 0.25) is 0 Å². The van der Waals surface area contributed by atoms with Crippen LogP contribution in [0.5, 0.6) is 17.2 Å². The molecule has 4 N–H and O–H groups in total. The van der Waals surface area contributed by atoms with Crippen molar-refractivity contribution in [1.29, 1.82) is 0 Å². The first-order valence-corrected chi connectivity index (χ1v) is 10.7. The van der Waals surface area contributed by atoms with Crippen LogP contribution in [0.25, 0.3) is 22.1 Å². The molecule has 2 aromatic carbocycles. The maximum atomic E-state index is 13.1. The maximum Gasteiger partial charge on any atom is 0.200 e. The van der Waals surface area contributed by atoms with E-state index in [1.54, 1.807) is 30.3 Å². The summed E-state index contributed by atoms with van der Waals surface area (Å²) in [6.45, 7) is 0.573. The summed E-state index contributed by atoms with van der Waals surface area (Å²) in [6, 6.07) is 9.94. The smallest absolute Gasteiger partial charge is 0.200 e. The molecule has 5 atom stereocenters. The third-order valence-electron chi connectivity index (χ3n) is 6.22. The Bertz CT molecular complexity index is 1220. The van der Waals surface area contributed by atoms with Gasteiger partial charge < -0.3 is 39.1 Å². The Labute approximate surface area is 188 Å². The van der Waals surface area contributed by atoms with Gasteiger partial charge in [-0.3, -0.25) is 4.79 Å². The number of fused-ring (bicyclic) bond motifs is 2. The first-order valence-electron chi connectivity index (χ1n) is 10.7. The normalized spacial score (nSPS) is 26.8. The van der Waals surface area contributed by atoms with Gasteiger partial charge in [-0.1, -0.05) is 6.07 Å². The van der Waals surface area contributed by atoms with E-state index in [0.29, 0.717) is 52.6 Å². The first kappa shape index (κ1) is 21.7. The van der Waals surface area contributed by atoms with E-state index in [-0.39, 0.29) is 18.5 Å². The maximum absolute atomic E-state index is 13.1. The SMILES string of the molecule is O=c1c(-c2ccc3c(c2)OCCO3)coc2cc(O[C@@H]3C[C@H](CO)[C@H](O)[C@@H](O)[C@@H]3O)ccc12. The second kappa shape index (κ2) is 8.68.